The second-order valence-corrected chi connectivity index (χ2v) is 12.4. The van der Waals surface area contributed by atoms with E-state index in [1.54, 1.807) is 36.0 Å². The minimum absolute atomic E-state index is 0.0336. The van der Waals surface area contributed by atoms with Crippen LogP contribution in [-0.4, -0.2) is 41.3 Å². The highest BCUT2D eigenvalue weighted by molar-refractivity contribution is 9.10. The van der Waals surface area contributed by atoms with E-state index in [4.69, 9.17) is 0 Å². The highest BCUT2D eigenvalue weighted by Crippen LogP contribution is 2.42. The summed E-state index contributed by atoms with van der Waals surface area (Å²) in [5.74, 6) is -0.793. The van der Waals surface area contributed by atoms with Crippen molar-refractivity contribution in [1.82, 2.24) is 4.31 Å². The highest BCUT2D eigenvalue weighted by atomic mass is 79.9. The molecule has 1 fully saturated rings. The van der Waals surface area contributed by atoms with E-state index in [-0.39, 0.29) is 16.7 Å². The first-order valence-corrected chi connectivity index (χ1v) is 14.2. The van der Waals surface area contributed by atoms with E-state index < -0.39 is 28.0 Å². The molecule has 0 aromatic heterocycles. The maximum absolute atomic E-state index is 13.7. The number of piperidine rings is 1. The van der Waals surface area contributed by atoms with Gasteiger partial charge in [-0.1, -0.05) is 65.5 Å². The zero-order valence-electron chi connectivity index (χ0n) is 18.4. The van der Waals surface area contributed by atoms with Gasteiger partial charge in [0.05, 0.1) is 16.9 Å². The van der Waals surface area contributed by atoms with Crippen molar-refractivity contribution in [3.8, 4) is 0 Å². The van der Waals surface area contributed by atoms with E-state index in [0.29, 0.717) is 6.42 Å². The summed E-state index contributed by atoms with van der Waals surface area (Å²) in [5.41, 5.74) is 1.84. The van der Waals surface area contributed by atoms with Crippen LogP contribution in [0.1, 0.15) is 49.8 Å². The predicted octanol–water partition coefficient (Wildman–Crippen LogP) is 5.89. The van der Waals surface area contributed by atoms with Gasteiger partial charge in [0.15, 0.2) is 0 Å². The van der Waals surface area contributed by atoms with Crippen molar-refractivity contribution in [3.63, 3.8) is 0 Å². The number of hydrogen-bond acceptors (Lipinski definition) is 4. The maximum Gasteiger partial charge on any atom is 0.308 e. The monoisotopic (exact) mass is 539 g/mol. The third-order valence-electron chi connectivity index (χ3n) is 5.89. The summed E-state index contributed by atoms with van der Waals surface area (Å²) in [5, 5.41) is 9.82. The lowest BCUT2D eigenvalue weighted by Gasteiger charge is -2.42. The van der Waals surface area contributed by atoms with Crippen molar-refractivity contribution >= 4 is 43.7 Å². The van der Waals surface area contributed by atoms with Gasteiger partial charge in [-0.3, -0.25) is 4.79 Å². The number of benzene rings is 2. The lowest BCUT2D eigenvalue weighted by atomic mass is 9.90. The molecule has 1 N–H and O–H groups in total. The van der Waals surface area contributed by atoms with Gasteiger partial charge in [0.25, 0.3) is 0 Å². The minimum atomic E-state index is -3.86. The van der Waals surface area contributed by atoms with E-state index >= 15 is 0 Å². The molecule has 1 aliphatic rings. The number of sulfonamides is 1. The van der Waals surface area contributed by atoms with Gasteiger partial charge in [0.2, 0.25) is 10.0 Å². The molecule has 8 heteroatoms. The standard InChI is InChI=1S/C24H30BrNO4S2/c1-3-4-5-13-31-23-15-22(18-7-6-8-19(25)14-18)26(16-21(23)24(27)28)32(29,30)20-11-9-17(2)10-12-20/h6-12,14,21-23H,3-5,13,15-16H2,1-2H3,(H,27,28)/t21-,22+,23-/m1/s1. The van der Waals surface area contributed by atoms with Gasteiger partial charge in [-0.15, -0.1) is 0 Å². The van der Waals surface area contributed by atoms with Gasteiger partial charge in [0, 0.05) is 16.3 Å². The van der Waals surface area contributed by atoms with Crippen LogP contribution in [-0.2, 0) is 14.8 Å². The Morgan fingerprint density at radius 2 is 1.91 bits per heavy atom. The Balaban J connectivity index is 1.99. The van der Waals surface area contributed by atoms with Crippen molar-refractivity contribution in [2.45, 2.75) is 55.7 Å². The molecule has 174 valence electrons. The lowest BCUT2D eigenvalue weighted by Crippen LogP contribution is -2.49. The molecule has 3 rings (SSSR count). The number of carboxylic acid groups (broad SMARTS) is 1. The molecule has 3 atom stereocenters. The number of thioether (sulfide) groups is 1. The first kappa shape index (κ1) is 25.3. The van der Waals surface area contributed by atoms with Gasteiger partial charge in [0.1, 0.15) is 0 Å². The van der Waals surface area contributed by atoms with Gasteiger partial charge in [-0.25, -0.2) is 8.42 Å². The van der Waals surface area contributed by atoms with Crippen molar-refractivity contribution in [2.75, 3.05) is 12.3 Å². The fourth-order valence-corrected chi connectivity index (χ4v) is 7.57. The van der Waals surface area contributed by atoms with Crippen LogP contribution in [0.3, 0.4) is 0 Å². The zero-order valence-corrected chi connectivity index (χ0v) is 21.6. The second kappa shape index (κ2) is 11.2. The molecule has 0 bridgehead atoms. The molecular weight excluding hydrogens is 510 g/mol. The highest BCUT2D eigenvalue weighted by Gasteiger charge is 2.45. The van der Waals surface area contributed by atoms with Crippen LogP contribution in [0.5, 0.6) is 0 Å². The van der Waals surface area contributed by atoms with E-state index in [0.717, 1.165) is 40.6 Å². The van der Waals surface area contributed by atoms with Crippen LogP contribution < -0.4 is 0 Å². The summed E-state index contributed by atoms with van der Waals surface area (Å²) >= 11 is 5.17. The SMILES string of the molecule is CCCCCS[C@@H]1C[C@@H](c2cccc(Br)c2)N(S(=O)(=O)c2ccc(C)cc2)C[C@H]1C(=O)O. The van der Waals surface area contributed by atoms with Gasteiger partial charge in [-0.2, -0.15) is 16.1 Å². The molecular formula is C24H30BrNO4S2. The molecule has 0 saturated carbocycles. The van der Waals surface area contributed by atoms with Gasteiger partial charge >= 0.3 is 5.97 Å². The van der Waals surface area contributed by atoms with Crippen molar-refractivity contribution in [3.05, 3.63) is 64.1 Å². The number of hydrogen-bond donors (Lipinski definition) is 1. The minimum Gasteiger partial charge on any atom is -0.481 e. The molecule has 5 nitrogen and oxygen atoms in total. The summed E-state index contributed by atoms with van der Waals surface area (Å²) in [6.07, 6.45) is 3.73. The largest absolute Gasteiger partial charge is 0.481 e. The van der Waals surface area contributed by atoms with Crippen LogP contribution in [0.15, 0.2) is 57.9 Å². The number of aliphatic carboxylic acids is 1. The Hall–Kier alpha value is -1.35. The summed E-state index contributed by atoms with van der Waals surface area (Å²) in [6.45, 7) is 4.01. The summed E-state index contributed by atoms with van der Waals surface area (Å²) in [4.78, 5) is 12.4. The molecule has 32 heavy (non-hydrogen) atoms. The van der Waals surface area contributed by atoms with E-state index in [1.807, 2.05) is 31.2 Å². The first-order valence-electron chi connectivity index (χ1n) is 10.9. The number of rotatable bonds is 9. The summed E-state index contributed by atoms with van der Waals surface area (Å²) in [6, 6.07) is 14.0. The lowest BCUT2D eigenvalue weighted by molar-refractivity contribution is -0.143. The second-order valence-electron chi connectivity index (χ2n) is 8.26. The summed E-state index contributed by atoms with van der Waals surface area (Å²) in [7, 11) is -3.86. The van der Waals surface area contributed by atoms with Crippen molar-refractivity contribution < 1.29 is 18.3 Å². The van der Waals surface area contributed by atoms with E-state index in [9.17, 15) is 18.3 Å². The third-order valence-corrected chi connectivity index (χ3v) is 9.74. The molecule has 2 aromatic carbocycles. The summed E-state index contributed by atoms with van der Waals surface area (Å²) < 4.78 is 29.6. The molecule has 2 aromatic rings. The van der Waals surface area contributed by atoms with Crippen LogP contribution in [0, 0.1) is 12.8 Å². The van der Waals surface area contributed by atoms with Crippen LogP contribution in [0.2, 0.25) is 0 Å². The van der Waals surface area contributed by atoms with Crippen molar-refractivity contribution in [2.24, 2.45) is 5.92 Å². The molecule has 0 spiro atoms. The molecule has 0 aliphatic carbocycles. The Labute approximate surface area is 203 Å². The van der Waals surface area contributed by atoms with Gasteiger partial charge < -0.3 is 5.11 Å². The fourth-order valence-electron chi connectivity index (χ4n) is 4.08. The fraction of sp³-hybridized carbons (Fsp3) is 0.458. The van der Waals surface area contributed by atoms with Crippen LogP contribution in [0.4, 0.5) is 0 Å². The molecule has 0 amide bonds. The molecule has 1 heterocycles. The van der Waals surface area contributed by atoms with Crippen LogP contribution >= 0.6 is 27.7 Å². The predicted molar refractivity (Wildman–Crippen MR) is 133 cm³/mol. The number of nitrogens with zero attached hydrogens (tertiary/aromatic N) is 1. The van der Waals surface area contributed by atoms with E-state index in [1.165, 1.54) is 4.31 Å². The number of unbranched alkanes of at least 4 members (excludes halogenated alkanes) is 2. The zero-order chi connectivity index (χ0) is 23.3. The number of aryl methyl sites for hydroxylation is 1. The number of halogens is 1. The number of carboxylic acids is 1. The van der Waals surface area contributed by atoms with Crippen molar-refractivity contribution in [1.29, 1.82) is 0 Å². The van der Waals surface area contributed by atoms with Gasteiger partial charge in [-0.05, 0) is 55.3 Å². The maximum atomic E-state index is 13.7. The number of carbonyl (C=O) groups is 1. The quantitative estimate of drug-likeness (QED) is 0.402. The average Bonchev–Trinajstić information content (AvgIpc) is 2.76. The average molecular weight is 541 g/mol. The molecule has 0 radical (unpaired) electrons. The van der Waals surface area contributed by atoms with E-state index in [2.05, 4.69) is 22.9 Å². The topological polar surface area (TPSA) is 74.7 Å². The smallest absolute Gasteiger partial charge is 0.308 e. The Kier molecular flexibility index (Phi) is 8.83. The van der Waals surface area contributed by atoms with Crippen LogP contribution in [0.25, 0.3) is 0 Å². The Morgan fingerprint density at radius 3 is 2.53 bits per heavy atom. The Morgan fingerprint density at radius 1 is 1.19 bits per heavy atom. The third kappa shape index (κ3) is 5.95. The molecule has 1 saturated heterocycles. The first-order chi connectivity index (χ1) is 15.2. The molecule has 0 unspecified atom stereocenters. The Bertz CT molecular complexity index is 1030. The normalized spacial score (nSPS) is 22.0. The molecule has 1 aliphatic heterocycles.